The first-order valence-electron chi connectivity index (χ1n) is 12.0. The van der Waals surface area contributed by atoms with Crippen LogP contribution in [0.4, 0.5) is 5.82 Å². The number of hydrogen-bond acceptors (Lipinski definition) is 5. The summed E-state index contributed by atoms with van der Waals surface area (Å²) in [6, 6.07) is 8.57. The van der Waals surface area contributed by atoms with Crippen molar-refractivity contribution in [1.29, 1.82) is 0 Å². The molecule has 6 nitrogen and oxygen atoms in total. The lowest BCUT2D eigenvalue weighted by Crippen LogP contribution is -2.48. The average molecular weight is 485 g/mol. The van der Waals surface area contributed by atoms with Crippen LogP contribution in [-0.4, -0.2) is 42.0 Å². The van der Waals surface area contributed by atoms with Gasteiger partial charge in [-0.15, -0.1) is 0 Å². The van der Waals surface area contributed by atoms with E-state index in [9.17, 15) is 9.32 Å². The van der Waals surface area contributed by atoms with E-state index < -0.39 is 10.8 Å². The Morgan fingerprint density at radius 2 is 1.94 bits per heavy atom. The third kappa shape index (κ3) is 3.69. The number of aliphatic hydroxyl groups is 1. The molecule has 3 aromatic rings. The molecule has 3 aliphatic rings. The van der Waals surface area contributed by atoms with E-state index in [1.165, 1.54) is 5.56 Å². The van der Waals surface area contributed by atoms with Crippen LogP contribution in [0.1, 0.15) is 68.0 Å². The van der Waals surface area contributed by atoms with Gasteiger partial charge in [0.25, 0.3) is 0 Å². The fraction of sp³-hybridized carbons (Fsp3) is 0.520. The molecule has 2 N–H and O–H groups in total. The Hall–Kier alpha value is -1.96. The molecular formula is C25H29ClN4O2S. The maximum Gasteiger partial charge on any atom is 0.160 e. The van der Waals surface area contributed by atoms with Crippen LogP contribution >= 0.6 is 11.6 Å². The van der Waals surface area contributed by atoms with Gasteiger partial charge in [-0.05, 0) is 80.5 Å². The van der Waals surface area contributed by atoms with Gasteiger partial charge >= 0.3 is 0 Å². The molecule has 2 saturated carbocycles. The van der Waals surface area contributed by atoms with Gasteiger partial charge in [-0.3, -0.25) is 4.21 Å². The first-order valence-corrected chi connectivity index (χ1v) is 13.7. The molecule has 0 amide bonds. The van der Waals surface area contributed by atoms with Gasteiger partial charge in [-0.1, -0.05) is 23.7 Å². The van der Waals surface area contributed by atoms with E-state index in [-0.39, 0.29) is 12.1 Å². The lowest BCUT2D eigenvalue weighted by Gasteiger charge is -2.41. The summed E-state index contributed by atoms with van der Waals surface area (Å²) in [6.07, 6.45) is 9.96. The molecule has 174 valence electrons. The van der Waals surface area contributed by atoms with Crippen LogP contribution in [0.5, 0.6) is 0 Å². The molecule has 2 aromatic heterocycles. The topological polar surface area (TPSA) is 80.0 Å². The zero-order valence-corrected chi connectivity index (χ0v) is 20.2. The van der Waals surface area contributed by atoms with Gasteiger partial charge in [0.15, 0.2) is 5.65 Å². The van der Waals surface area contributed by atoms with Crippen molar-refractivity contribution in [1.82, 2.24) is 14.8 Å². The summed E-state index contributed by atoms with van der Waals surface area (Å²) in [5, 5.41) is 20.1. The second-order valence-electron chi connectivity index (χ2n) is 9.87. The normalized spacial score (nSPS) is 26.2. The molecule has 2 fully saturated rings. The molecule has 1 aromatic carbocycles. The van der Waals surface area contributed by atoms with E-state index >= 15 is 0 Å². The minimum atomic E-state index is -1.06. The SMILES string of the molecule is O=S1CCc2c1c(NC1(CO)CCC1)nc1c2cnn1C1CCC(c2ccc(Cl)cc2)CC1. The highest BCUT2D eigenvalue weighted by atomic mass is 35.5. The van der Waals surface area contributed by atoms with E-state index in [4.69, 9.17) is 21.7 Å². The lowest BCUT2D eigenvalue weighted by molar-refractivity contribution is 0.143. The Labute approximate surface area is 201 Å². The van der Waals surface area contributed by atoms with E-state index in [1.807, 2.05) is 18.3 Å². The largest absolute Gasteiger partial charge is 0.394 e. The van der Waals surface area contributed by atoms with E-state index in [0.29, 0.717) is 23.5 Å². The zero-order valence-electron chi connectivity index (χ0n) is 18.6. The second-order valence-corrected chi connectivity index (χ2v) is 11.8. The third-order valence-corrected chi connectivity index (χ3v) is 9.67. The standard InChI is InChI=1S/C25H29ClN4O2S/c26-18-6-2-16(3-7-18)17-4-8-19(9-5-17)30-24-21(14-27-30)20-10-13-33(32)22(20)23(28-24)29-25(15-31)11-1-12-25/h2-3,6-7,14,17,19,31H,1,4-5,8-13,15H2,(H,28,29). The van der Waals surface area contributed by atoms with Crippen LogP contribution in [-0.2, 0) is 17.2 Å². The Morgan fingerprint density at radius 3 is 2.61 bits per heavy atom. The molecule has 8 heteroatoms. The van der Waals surface area contributed by atoms with Crippen LogP contribution in [0.2, 0.25) is 5.02 Å². The Kier molecular flexibility index (Phi) is 5.46. The average Bonchev–Trinajstić information content (AvgIpc) is 3.41. The number of benzene rings is 1. The summed E-state index contributed by atoms with van der Waals surface area (Å²) in [6.45, 7) is 0.0715. The van der Waals surface area contributed by atoms with Crippen molar-refractivity contribution in [2.24, 2.45) is 0 Å². The molecule has 0 saturated heterocycles. The summed E-state index contributed by atoms with van der Waals surface area (Å²) in [4.78, 5) is 5.83. The molecule has 1 aliphatic heterocycles. The highest BCUT2D eigenvalue weighted by molar-refractivity contribution is 7.85. The summed E-state index contributed by atoms with van der Waals surface area (Å²) in [5.74, 6) is 1.88. The van der Waals surface area contributed by atoms with E-state index in [0.717, 1.165) is 77.9 Å². The van der Waals surface area contributed by atoms with Crippen molar-refractivity contribution >= 4 is 39.3 Å². The van der Waals surface area contributed by atoms with Crippen molar-refractivity contribution < 1.29 is 9.32 Å². The maximum absolute atomic E-state index is 12.8. The minimum absolute atomic E-state index is 0.0715. The Bertz CT molecular complexity index is 1210. The van der Waals surface area contributed by atoms with Gasteiger partial charge < -0.3 is 10.4 Å². The van der Waals surface area contributed by atoms with Crippen LogP contribution < -0.4 is 5.32 Å². The molecule has 0 radical (unpaired) electrons. The number of pyridine rings is 1. The number of fused-ring (bicyclic) bond motifs is 3. The molecule has 0 bridgehead atoms. The number of hydrogen-bond donors (Lipinski definition) is 2. The Balaban J connectivity index is 1.31. The molecule has 6 rings (SSSR count). The number of nitrogens with one attached hydrogen (secondary N) is 1. The number of aryl methyl sites for hydroxylation is 1. The van der Waals surface area contributed by atoms with Crippen molar-refractivity contribution in [3.8, 4) is 0 Å². The van der Waals surface area contributed by atoms with Crippen molar-refractivity contribution in [2.45, 2.75) is 73.8 Å². The monoisotopic (exact) mass is 484 g/mol. The van der Waals surface area contributed by atoms with Crippen molar-refractivity contribution in [2.75, 3.05) is 17.7 Å². The predicted molar refractivity (Wildman–Crippen MR) is 131 cm³/mol. The molecule has 1 unspecified atom stereocenters. The molecular weight excluding hydrogens is 456 g/mol. The zero-order chi connectivity index (χ0) is 22.6. The van der Waals surface area contributed by atoms with Gasteiger partial charge in [0.1, 0.15) is 5.82 Å². The van der Waals surface area contributed by atoms with Gasteiger partial charge in [0.05, 0.1) is 40.1 Å². The van der Waals surface area contributed by atoms with Crippen LogP contribution in [0.3, 0.4) is 0 Å². The molecule has 0 spiro atoms. The summed E-state index contributed by atoms with van der Waals surface area (Å²) < 4.78 is 14.9. The number of nitrogens with zero attached hydrogens (tertiary/aromatic N) is 3. The molecule has 1 atom stereocenters. The quantitative estimate of drug-likeness (QED) is 0.534. The first-order chi connectivity index (χ1) is 16.1. The number of halogens is 1. The van der Waals surface area contributed by atoms with Gasteiger partial charge in [-0.2, -0.15) is 5.10 Å². The van der Waals surface area contributed by atoms with Gasteiger partial charge in [-0.25, -0.2) is 9.67 Å². The highest BCUT2D eigenvalue weighted by Crippen LogP contribution is 2.42. The van der Waals surface area contributed by atoms with Crippen molar-refractivity contribution in [3.63, 3.8) is 0 Å². The van der Waals surface area contributed by atoms with Crippen LogP contribution in [0.15, 0.2) is 35.4 Å². The van der Waals surface area contributed by atoms with Gasteiger partial charge in [0, 0.05) is 16.2 Å². The van der Waals surface area contributed by atoms with Crippen LogP contribution in [0.25, 0.3) is 11.0 Å². The second kappa shape index (κ2) is 8.36. The Morgan fingerprint density at radius 1 is 1.18 bits per heavy atom. The van der Waals surface area contributed by atoms with E-state index in [1.54, 1.807) is 0 Å². The van der Waals surface area contributed by atoms with Crippen molar-refractivity contribution in [3.05, 3.63) is 46.6 Å². The molecule has 33 heavy (non-hydrogen) atoms. The number of anilines is 1. The fourth-order valence-corrected chi connectivity index (χ4v) is 7.33. The first kappa shape index (κ1) is 21.6. The minimum Gasteiger partial charge on any atom is -0.394 e. The van der Waals surface area contributed by atoms with Gasteiger partial charge in [0.2, 0.25) is 0 Å². The predicted octanol–water partition coefficient (Wildman–Crippen LogP) is 4.97. The number of rotatable bonds is 5. The fourth-order valence-electron chi connectivity index (χ4n) is 5.81. The molecule has 3 heterocycles. The number of aromatic nitrogens is 3. The number of aliphatic hydroxyl groups excluding tert-OH is 1. The van der Waals surface area contributed by atoms with Crippen LogP contribution in [0, 0.1) is 0 Å². The summed E-state index contributed by atoms with van der Waals surface area (Å²) in [5.41, 5.74) is 3.04. The third-order valence-electron chi connectivity index (χ3n) is 7.95. The summed E-state index contributed by atoms with van der Waals surface area (Å²) >= 11 is 6.06. The lowest BCUT2D eigenvalue weighted by atomic mass is 9.77. The molecule has 2 aliphatic carbocycles. The highest BCUT2D eigenvalue weighted by Gasteiger charge is 2.39. The smallest absolute Gasteiger partial charge is 0.160 e. The maximum atomic E-state index is 12.8. The summed E-state index contributed by atoms with van der Waals surface area (Å²) in [7, 11) is -1.06. The van der Waals surface area contributed by atoms with E-state index in [2.05, 4.69) is 22.1 Å².